The first-order chi connectivity index (χ1) is 16.2. The molecule has 0 aliphatic rings. The molecule has 6 nitrogen and oxygen atoms in total. The number of hydrogen-bond acceptors (Lipinski definition) is 5. The Bertz CT molecular complexity index is 1430. The third-order valence-corrected chi connectivity index (χ3v) is 5.97. The average molecular weight is 488 g/mol. The minimum atomic E-state index is -4.62. The van der Waals surface area contributed by atoms with Gasteiger partial charge in [0, 0.05) is 13.7 Å². The largest absolute Gasteiger partial charge is 0.416 e. The molecule has 1 N–H and O–H groups in total. The molecule has 3 rings (SSSR count). The summed E-state index contributed by atoms with van der Waals surface area (Å²) in [7, 11) is 1.46. The minimum Gasteiger partial charge on any atom is -0.383 e. The molecule has 176 valence electrons. The van der Waals surface area contributed by atoms with Crippen molar-refractivity contribution in [1.82, 2.24) is 9.88 Å². The fourth-order valence-electron chi connectivity index (χ4n) is 3.26. The summed E-state index contributed by atoms with van der Waals surface area (Å²) in [6, 6.07) is 13.5. The zero-order chi connectivity index (χ0) is 24.9. The van der Waals surface area contributed by atoms with Crippen molar-refractivity contribution in [3.05, 3.63) is 84.8 Å². The number of amides is 1. The number of ether oxygens (including phenoxy) is 1. The molecular formula is C24H20F3N3O3S. The summed E-state index contributed by atoms with van der Waals surface area (Å²) in [5, 5.41) is 12.3. The number of hydrogen-bond donors (Lipinski definition) is 1. The summed E-state index contributed by atoms with van der Waals surface area (Å²) in [5.41, 5.74) is -0.953. The van der Waals surface area contributed by atoms with Crippen LogP contribution in [0.5, 0.6) is 0 Å². The van der Waals surface area contributed by atoms with Crippen LogP contribution in [0.2, 0.25) is 0 Å². The van der Waals surface area contributed by atoms with Crippen LogP contribution in [-0.4, -0.2) is 30.7 Å². The number of rotatable bonds is 6. The molecule has 1 amide bonds. The third-order valence-electron chi connectivity index (χ3n) is 4.88. The van der Waals surface area contributed by atoms with Crippen LogP contribution in [0.25, 0.3) is 17.3 Å². The second kappa shape index (κ2) is 10.5. The highest BCUT2D eigenvalue weighted by atomic mass is 32.1. The van der Waals surface area contributed by atoms with Gasteiger partial charge >= 0.3 is 6.18 Å². The van der Waals surface area contributed by atoms with E-state index in [9.17, 15) is 28.0 Å². The summed E-state index contributed by atoms with van der Waals surface area (Å²) < 4.78 is 46.5. The maximum Gasteiger partial charge on any atom is 0.416 e. The fourth-order valence-corrected chi connectivity index (χ4v) is 4.34. The van der Waals surface area contributed by atoms with Crippen molar-refractivity contribution in [2.24, 2.45) is 0 Å². The molecule has 1 heterocycles. The van der Waals surface area contributed by atoms with Gasteiger partial charge in [0.25, 0.3) is 11.5 Å². The monoisotopic (exact) mass is 487 g/mol. The van der Waals surface area contributed by atoms with Crippen molar-refractivity contribution in [1.29, 1.82) is 5.26 Å². The van der Waals surface area contributed by atoms with Gasteiger partial charge in [0.05, 0.1) is 22.4 Å². The van der Waals surface area contributed by atoms with Crippen molar-refractivity contribution < 1.29 is 22.7 Å². The number of carbonyl (C=O) groups excluding carboxylic acids is 1. The Morgan fingerprint density at radius 3 is 2.53 bits per heavy atom. The molecule has 0 atom stereocenters. The van der Waals surface area contributed by atoms with Gasteiger partial charge in [-0.05, 0) is 36.3 Å². The Labute approximate surface area is 196 Å². The van der Waals surface area contributed by atoms with Crippen LogP contribution in [0.15, 0.2) is 53.3 Å². The predicted octanol–water partition coefficient (Wildman–Crippen LogP) is 2.49. The molecule has 0 aliphatic heterocycles. The van der Waals surface area contributed by atoms with E-state index in [0.717, 1.165) is 23.5 Å². The highest BCUT2D eigenvalue weighted by Gasteiger charge is 2.32. The van der Waals surface area contributed by atoms with Crippen molar-refractivity contribution >= 4 is 28.9 Å². The molecular weight excluding hydrogens is 467 g/mol. The zero-order valence-electron chi connectivity index (χ0n) is 18.3. The summed E-state index contributed by atoms with van der Waals surface area (Å²) >= 11 is 0.780. The van der Waals surface area contributed by atoms with Gasteiger partial charge in [-0.3, -0.25) is 14.2 Å². The maximum absolute atomic E-state index is 13.5. The highest BCUT2D eigenvalue weighted by molar-refractivity contribution is 7.07. The molecule has 0 radical (unpaired) electrons. The van der Waals surface area contributed by atoms with E-state index in [1.165, 1.54) is 29.9 Å². The topological polar surface area (TPSA) is 84.1 Å². The van der Waals surface area contributed by atoms with E-state index in [1.807, 2.05) is 6.07 Å². The first-order valence-electron chi connectivity index (χ1n) is 10.1. The lowest BCUT2D eigenvalue weighted by Gasteiger charge is -2.09. The first kappa shape index (κ1) is 25.0. The number of nitrogens with zero attached hydrogens (tertiary/aromatic N) is 2. The number of methoxy groups -OCH3 is 1. The molecule has 0 bridgehead atoms. The molecule has 1 aromatic heterocycles. The Hall–Kier alpha value is -3.68. The van der Waals surface area contributed by atoms with Gasteiger partial charge < -0.3 is 10.1 Å². The van der Waals surface area contributed by atoms with Gasteiger partial charge in [-0.2, -0.15) is 18.4 Å². The lowest BCUT2D eigenvalue weighted by Crippen LogP contribution is -2.35. The normalized spacial score (nSPS) is 12.9. The molecule has 0 aliphatic carbocycles. The van der Waals surface area contributed by atoms with Gasteiger partial charge in [-0.15, -0.1) is 11.3 Å². The first-order valence-corrected chi connectivity index (χ1v) is 10.9. The summed E-state index contributed by atoms with van der Waals surface area (Å²) in [6.07, 6.45) is -3.49. The third kappa shape index (κ3) is 5.27. The number of aromatic nitrogens is 1. The van der Waals surface area contributed by atoms with E-state index < -0.39 is 23.2 Å². The van der Waals surface area contributed by atoms with Crippen LogP contribution < -0.4 is 20.1 Å². The molecule has 10 heteroatoms. The molecule has 0 saturated heterocycles. The SMILES string of the molecule is COCCNC(=O)/C(C#N)=c1\s/c(=C\c2ccccc2C(F)(F)F)c(=O)n1-c1ccccc1C. The van der Waals surface area contributed by atoms with Crippen LogP contribution in [0.3, 0.4) is 0 Å². The van der Waals surface area contributed by atoms with E-state index in [1.54, 1.807) is 31.2 Å². The molecule has 0 saturated carbocycles. The van der Waals surface area contributed by atoms with Crippen LogP contribution in [0, 0.1) is 18.3 Å². The lowest BCUT2D eigenvalue weighted by molar-refractivity contribution is -0.137. The minimum absolute atomic E-state index is 0.0208. The van der Waals surface area contributed by atoms with Crippen molar-refractivity contribution in [2.75, 3.05) is 20.3 Å². The Kier molecular flexibility index (Phi) is 7.71. The molecule has 3 aromatic rings. The number of halogens is 3. The zero-order valence-corrected chi connectivity index (χ0v) is 19.1. The molecule has 2 aromatic carbocycles. The van der Waals surface area contributed by atoms with E-state index in [4.69, 9.17) is 4.74 Å². The summed E-state index contributed by atoms with van der Waals surface area (Å²) in [5.74, 6) is -0.717. The van der Waals surface area contributed by atoms with Crippen LogP contribution in [-0.2, 0) is 15.7 Å². The van der Waals surface area contributed by atoms with E-state index >= 15 is 0 Å². The molecule has 34 heavy (non-hydrogen) atoms. The Balaban J connectivity index is 2.37. The standard InChI is InChI=1S/C24H20F3N3O3S/c1-15-7-3-6-10-19(15)30-22(32)20(13-16-8-4-5-9-18(16)24(25,26)27)34-23(30)17(14-28)21(31)29-11-12-33-2/h3-10,13H,11-12H2,1-2H3,(H,29,31)/b20-13-,23-17-. The second-order valence-electron chi connectivity index (χ2n) is 7.16. The summed E-state index contributed by atoms with van der Waals surface area (Å²) in [6.45, 7) is 2.10. The van der Waals surface area contributed by atoms with Gasteiger partial charge in [-0.25, -0.2) is 0 Å². The van der Waals surface area contributed by atoms with Crippen molar-refractivity contribution in [3.63, 3.8) is 0 Å². The second-order valence-corrected chi connectivity index (χ2v) is 8.19. The summed E-state index contributed by atoms with van der Waals surface area (Å²) in [4.78, 5) is 26.1. The number of nitriles is 1. The number of benzene rings is 2. The molecule has 0 unspecified atom stereocenters. The Morgan fingerprint density at radius 2 is 1.88 bits per heavy atom. The van der Waals surface area contributed by atoms with E-state index in [2.05, 4.69) is 5.32 Å². The number of para-hydroxylation sites is 1. The average Bonchev–Trinajstić information content (AvgIpc) is 3.10. The maximum atomic E-state index is 13.5. The van der Waals surface area contributed by atoms with Crippen molar-refractivity contribution in [3.8, 4) is 11.8 Å². The van der Waals surface area contributed by atoms with Gasteiger partial charge in [0.1, 0.15) is 10.7 Å². The van der Waals surface area contributed by atoms with Crippen LogP contribution >= 0.6 is 11.3 Å². The number of nitrogens with one attached hydrogen (secondary N) is 1. The van der Waals surface area contributed by atoms with E-state index in [-0.39, 0.29) is 33.5 Å². The van der Waals surface area contributed by atoms with Crippen LogP contribution in [0.4, 0.5) is 13.2 Å². The number of thiazole rings is 1. The van der Waals surface area contributed by atoms with Crippen molar-refractivity contribution in [2.45, 2.75) is 13.1 Å². The quantitative estimate of drug-likeness (QED) is 0.542. The van der Waals surface area contributed by atoms with Gasteiger partial charge in [0.2, 0.25) is 0 Å². The lowest BCUT2D eigenvalue weighted by atomic mass is 10.1. The van der Waals surface area contributed by atoms with Crippen LogP contribution in [0.1, 0.15) is 16.7 Å². The highest BCUT2D eigenvalue weighted by Crippen LogP contribution is 2.32. The fraction of sp³-hybridized carbons (Fsp3) is 0.208. The predicted molar refractivity (Wildman–Crippen MR) is 123 cm³/mol. The van der Waals surface area contributed by atoms with Gasteiger partial charge in [-0.1, -0.05) is 36.4 Å². The van der Waals surface area contributed by atoms with Gasteiger partial charge in [0.15, 0.2) is 5.57 Å². The Morgan fingerprint density at radius 1 is 1.21 bits per heavy atom. The number of carbonyl (C=O) groups is 1. The van der Waals surface area contributed by atoms with E-state index in [0.29, 0.717) is 11.3 Å². The smallest absolute Gasteiger partial charge is 0.383 e. The molecule has 0 spiro atoms. The number of alkyl halides is 3. The molecule has 0 fully saturated rings. The number of aryl methyl sites for hydroxylation is 1.